The lowest BCUT2D eigenvalue weighted by Crippen LogP contribution is -2.28. The van der Waals surface area contributed by atoms with Gasteiger partial charge in [-0.3, -0.25) is 0 Å². The van der Waals surface area contributed by atoms with Crippen LogP contribution >= 0.6 is 0 Å². The molecule has 8 heteroatoms. The zero-order chi connectivity index (χ0) is 12.4. The number of carbonyl (C=O) groups excluding carboxylic acids is 1. The second-order valence-corrected chi connectivity index (χ2v) is 3.41. The number of rotatable bonds is 3. The first-order chi connectivity index (χ1) is 8.11. The first-order valence-corrected chi connectivity index (χ1v) is 4.90. The summed E-state index contributed by atoms with van der Waals surface area (Å²) >= 11 is 0. The highest BCUT2D eigenvalue weighted by atomic mass is 16.5. The summed E-state index contributed by atoms with van der Waals surface area (Å²) in [6, 6.07) is 2.68. The van der Waals surface area contributed by atoms with Crippen LogP contribution in [0.2, 0.25) is 0 Å². The van der Waals surface area contributed by atoms with Gasteiger partial charge in [-0.05, 0) is 19.1 Å². The van der Waals surface area contributed by atoms with Gasteiger partial charge in [0.15, 0.2) is 5.65 Å². The van der Waals surface area contributed by atoms with Crippen molar-refractivity contribution in [2.45, 2.75) is 13.0 Å². The number of ether oxygens (including phenoxy) is 1. The largest absolute Gasteiger partial charge is 0.467 e. The van der Waals surface area contributed by atoms with Crippen LogP contribution < -0.4 is 11.0 Å². The third kappa shape index (κ3) is 2.10. The lowest BCUT2D eigenvalue weighted by Gasteiger charge is -2.11. The molecule has 90 valence electrons. The molecule has 8 nitrogen and oxygen atoms in total. The molecule has 2 aromatic heterocycles. The van der Waals surface area contributed by atoms with E-state index < -0.39 is 17.7 Å². The fourth-order valence-electron chi connectivity index (χ4n) is 1.34. The fraction of sp³-hybridized carbons (Fsp3) is 0.333. The van der Waals surface area contributed by atoms with Gasteiger partial charge in [-0.15, -0.1) is 5.10 Å². The molecule has 0 amide bonds. The summed E-state index contributed by atoms with van der Waals surface area (Å²) in [7, 11) is 1.30. The zero-order valence-corrected chi connectivity index (χ0v) is 9.30. The molecule has 2 rings (SSSR count). The fourth-order valence-corrected chi connectivity index (χ4v) is 1.34. The minimum atomic E-state index is -0.549. The maximum atomic E-state index is 11.3. The number of methoxy groups -OCH3 is 1. The number of hydrogen-bond donors (Lipinski definition) is 2. The number of nitrogens with one attached hydrogen (secondary N) is 2. The van der Waals surface area contributed by atoms with Gasteiger partial charge in [0.2, 0.25) is 0 Å². The van der Waals surface area contributed by atoms with Gasteiger partial charge in [0.25, 0.3) is 0 Å². The number of esters is 1. The molecule has 0 fully saturated rings. The topological polar surface area (TPSA) is 101 Å². The Morgan fingerprint density at radius 1 is 1.59 bits per heavy atom. The van der Waals surface area contributed by atoms with Gasteiger partial charge in [0, 0.05) is 0 Å². The Hall–Kier alpha value is -2.38. The van der Waals surface area contributed by atoms with Crippen LogP contribution in [0.3, 0.4) is 0 Å². The number of fused-ring (bicyclic) bond motifs is 1. The van der Waals surface area contributed by atoms with Crippen molar-refractivity contribution >= 4 is 17.4 Å². The van der Waals surface area contributed by atoms with Crippen LogP contribution in [0, 0.1) is 0 Å². The molecule has 0 saturated carbocycles. The Bertz CT molecular complexity index is 602. The standard InChI is InChI=1S/C9H11N5O3/c1-5(8(15)17-2)10-6-3-4-7-11-12-9(16)14(7)13-6/h3-5H,1-2H3,(H,10,13)(H,12,16). The van der Waals surface area contributed by atoms with E-state index >= 15 is 0 Å². The summed E-state index contributed by atoms with van der Waals surface area (Å²) in [5.74, 6) is -0.0228. The molecule has 1 unspecified atom stereocenters. The van der Waals surface area contributed by atoms with Crippen molar-refractivity contribution in [1.82, 2.24) is 19.8 Å². The van der Waals surface area contributed by atoms with E-state index in [1.807, 2.05) is 0 Å². The summed E-state index contributed by atoms with van der Waals surface area (Å²) in [6.07, 6.45) is 0. The normalized spacial score (nSPS) is 12.4. The van der Waals surface area contributed by atoms with Gasteiger partial charge >= 0.3 is 11.7 Å². The molecule has 0 spiro atoms. The van der Waals surface area contributed by atoms with Crippen LogP contribution in [0.25, 0.3) is 5.65 Å². The predicted molar refractivity (Wildman–Crippen MR) is 58.7 cm³/mol. The van der Waals surface area contributed by atoms with Crippen molar-refractivity contribution < 1.29 is 9.53 Å². The highest BCUT2D eigenvalue weighted by Gasteiger charge is 2.13. The van der Waals surface area contributed by atoms with Crippen molar-refractivity contribution in [3.05, 3.63) is 22.6 Å². The maximum absolute atomic E-state index is 11.3. The average Bonchev–Trinajstić information content (AvgIpc) is 2.70. The predicted octanol–water partition coefficient (Wildman–Crippen LogP) is -0.609. The van der Waals surface area contributed by atoms with E-state index in [-0.39, 0.29) is 0 Å². The van der Waals surface area contributed by atoms with Gasteiger partial charge in [-0.1, -0.05) is 0 Å². The van der Waals surface area contributed by atoms with Gasteiger partial charge in [-0.25, -0.2) is 14.7 Å². The van der Waals surface area contributed by atoms with Crippen LogP contribution in [0.4, 0.5) is 5.82 Å². The third-order valence-electron chi connectivity index (χ3n) is 2.19. The number of hydrogen-bond acceptors (Lipinski definition) is 6. The zero-order valence-electron chi connectivity index (χ0n) is 9.30. The van der Waals surface area contributed by atoms with E-state index in [9.17, 15) is 9.59 Å². The average molecular weight is 237 g/mol. The van der Waals surface area contributed by atoms with Crippen molar-refractivity contribution in [1.29, 1.82) is 0 Å². The van der Waals surface area contributed by atoms with E-state index in [0.29, 0.717) is 11.5 Å². The molecular weight excluding hydrogens is 226 g/mol. The summed E-state index contributed by atoms with van der Waals surface area (Å²) in [6.45, 7) is 1.63. The third-order valence-corrected chi connectivity index (χ3v) is 2.19. The van der Waals surface area contributed by atoms with Crippen LogP contribution in [-0.2, 0) is 9.53 Å². The quantitative estimate of drug-likeness (QED) is 0.690. The van der Waals surface area contributed by atoms with E-state index in [4.69, 9.17) is 0 Å². The van der Waals surface area contributed by atoms with Crippen LogP contribution in [0.15, 0.2) is 16.9 Å². The molecule has 17 heavy (non-hydrogen) atoms. The first-order valence-electron chi connectivity index (χ1n) is 4.90. The molecule has 0 aliphatic carbocycles. The Balaban J connectivity index is 2.27. The number of anilines is 1. The van der Waals surface area contributed by atoms with Gasteiger partial charge in [0.05, 0.1) is 7.11 Å². The molecule has 0 saturated heterocycles. The SMILES string of the molecule is COC(=O)C(C)Nc1ccc2n[nH]c(=O)n2n1. The highest BCUT2D eigenvalue weighted by molar-refractivity contribution is 5.78. The lowest BCUT2D eigenvalue weighted by atomic mass is 10.3. The summed E-state index contributed by atoms with van der Waals surface area (Å²) in [5.41, 5.74) is -0.0272. The van der Waals surface area contributed by atoms with Crippen LogP contribution in [-0.4, -0.2) is 38.9 Å². The van der Waals surface area contributed by atoms with Crippen molar-refractivity contribution in [3.63, 3.8) is 0 Å². The molecule has 0 aliphatic heterocycles. The smallest absolute Gasteiger partial charge is 0.364 e. The van der Waals surface area contributed by atoms with Gasteiger partial charge in [0.1, 0.15) is 11.9 Å². The molecule has 2 aromatic rings. The van der Waals surface area contributed by atoms with E-state index in [1.165, 1.54) is 7.11 Å². The Morgan fingerprint density at radius 3 is 3.06 bits per heavy atom. The molecule has 0 aliphatic rings. The van der Waals surface area contributed by atoms with E-state index in [0.717, 1.165) is 4.52 Å². The van der Waals surface area contributed by atoms with Crippen LogP contribution in [0.5, 0.6) is 0 Å². The number of nitrogens with zero attached hydrogens (tertiary/aromatic N) is 3. The van der Waals surface area contributed by atoms with Gasteiger partial charge < -0.3 is 10.1 Å². The molecule has 0 radical (unpaired) electrons. The number of aromatic amines is 1. The second-order valence-electron chi connectivity index (χ2n) is 3.41. The lowest BCUT2D eigenvalue weighted by molar-refractivity contribution is -0.141. The van der Waals surface area contributed by atoms with Crippen LogP contribution in [0.1, 0.15) is 6.92 Å². The highest BCUT2D eigenvalue weighted by Crippen LogP contribution is 2.05. The van der Waals surface area contributed by atoms with E-state index in [2.05, 4.69) is 25.3 Å². The van der Waals surface area contributed by atoms with Crippen molar-refractivity contribution in [2.24, 2.45) is 0 Å². The molecule has 0 aromatic carbocycles. The molecule has 1 atom stereocenters. The molecular formula is C9H11N5O3. The summed E-state index contributed by atoms with van der Waals surface area (Å²) < 4.78 is 5.67. The minimum Gasteiger partial charge on any atom is -0.467 e. The first kappa shape index (κ1) is 11.1. The Morgan fingerprint density at radius 2 is 2.35 bits per heavy atom. The van der Waals surface area contributed by atoms with Crippen molar-refractivity contribution in [3.8, 4) is 0 Å². The Kier molecular flexibility index (Phi) is 2.77. The molecule has 2 heterocycles. The van der Waals surface area contributed by atoms with E-state index in [1.54, 1.807) is 19.1 Å². The van der Waals surface area contributed by atoms with Gasteiger partial charge in [-0.2, -0.15) is 9.61 Å². The summed E-state index contributed by atoms with van der Waals surface area (Å²) in [5, 5.41) is 12.8. The molecule has 2 N–H and O–H groups in total. The Labute approximate surface area is 95.6 Å². The monoisotopic (exact) mass is 237 g/mol. The molecule has 0 bridgehead atoms. The number of aromatic nitrogens is 4. The second kappa shape index (κ2) is 4.24. The van der Waals surface area contributed by atoms with Crippen molar-refractivity contribution in [2.75, 3.05) is 12.4 Å². The number of carbonyl (C=O) groups is 1. The minimum absolute atomic E-state index is 0.388. The number of H-pyrrole nitrogens is 1. The maximum Gasteiger partial charge on any atom is 0.364 e. The summed E-state index contributed by atoms with van der Waals surface area (Å²) in [4.78, 5) is 22.5.